The van der Waals surface area contributed by atoms with Crippen molar-refractivity contribution >= 4 is 17.5 Å². The molecule has 1 aromatic carbocycles. The molecule has 18 heavy (non-hydrogen) atoms. The van der Waals surface area contributed by atoms with Crippen molar-refractivity contribution in [3.05, 3.63) is 22.7 Å². The van der Waals surface area contributed by atoms with Crippen molar-refractivity contribution < 1.29 is 19.0 Å². The Balaban J connectivity index is 2.14. The molecule has 0 unspecified atom stereocenters. The summed E-state index contributed by atoms with van der Waals surface area (Å²) in [4.78, 5) is 12.0. The van der Waals surface area contributed by atoms with E-state index in [9.17, 15) is 4.79 Å². The second-order valence-corrected chi connectivity index (χ2v) is 4.43. The van der Waals surface area contributed by atoms with Crippen LogP contribution in [0.5, 0.6) is 11.5 Å². The minimum absolute atomic E-state index is 0.0771. The van der Waals surface area contributed by atoms with E-state index in [1.54, 1.807) is 19.2 Å². The molecule has 1 N–H and O–H groups in total. The first-order valence-corrected chi connectivity index (χ1v) is 5.88. The van der Waals surface area contributed by atoms with Crippen LogP contribution in [0.1, 0.15) is 17.3 Å². The minimum atomic E-state index is -0.222. The molecule has 1 aliphatic heterocycles. The predicted molar refractivity (Wildman–Crippen MR) is 66.4 cm³/mol. The van der Waals surface area contributed by atoms with Gasteiger partial charge in [0.05, 0.1) is 11.6 Å². The highest BCUT2D eigenvalue weighted by Crippen LogP contribution is 2.39. The Kier molecular flexibility index (Phi) is 3.93. The SMILES string of the molecule is COC[C@@H](C)NC(=O)c1cc(Cl)c2c(c1)OCO2. The Hall–Kier alpha value is -1.46. The van der Waals surface area contributed by atoms with E-state index in [4.69, 9.17) is 25.8 Å². The molecule has 0 saturated heterocycles. The number of carbonyl (C=O) groups is 1. The highest BCUT2D eigenvalue weighted by Gasteiger charge is 2.21. The molecule has 0 radical (unpaired) electrons. The largest absolute Gasteiger partial charge is 0.454 e. The number of hydrogen-bond donors (Lipinski definition) is 1. The second-order valence-electron chi connectivity index (χ2n) is 4.02. The molecular weight excluding hydrogens is 258 g/mol. The number of benzene rings is 1. The van der Waals surface area contributed by atoms with Crippen molar-refractivity contribution in [2.45, 2.75) is 13.0 Å². The zero-order valence-corrected chi connectivity index (χ0v) is 10.9. The third-order valence-corrected chi connectivity index (χ3v) is 2.76. The Morgan fingerprint density at radius 2 is 2.33 bits per heavy atom. The Bertz CT molecular complexity index is 464. The summed E-state index contributed by atoms with van der Waals surface area (Å²) in [6.45, 7) is 2.43. The van der Waals surface area contributed by atoms with Crippen LogP contribution in [-0.4, -0.2) is 32.5 Å². The van der Waals surface area contributed by atoms with Gasteiger partial charge in [-0.05, 0) is 19.1 Å². The number of hydrogen-bond acceptors (Lipinski definition) is 4. The molecule has 1 aromatic rings. The molecule has 98 valence electrons. The van der Waals surface area contributed by atoms with E-state index in [0.29, 0.717) is 28.7 Å². The van der Waals surface area contributed by atoms with Crippen molar-refractivity contribution in [2.75, 3.05) is 20.5 Å². The van der Waals surface area contributed by atoms with E-state index in [0.717, 1.165) is 0 Å². The zero-order chi connectivity index (χ0) is 13.1. The quantitative estimate of drug-likeness (QED) is 0.908. The molecule has 0 saturated carbocycles. The first-order valence-electron chi connectivity index (χ1n) is 5.50. The van der Waals surface area contributed by atoms with Gasteiger partial charge in [0.2, 0.25) is 6.79 Å². The van der Waals surface area contributed by atoms with Gasteiger partial charge in [-0.1, -0.05) is 11.6 Å². The molecular formula is C12H14ClNO4. The van der Waals surface area contributed by atoms with Crippen LogP contribution in [0.4, 0.5) is 0 Å². The van der Waals surface area contributed by atoms with E-state index in [1.807, 2.05) is 6.92 Å². The average Bonchev–Trinajstić information content (AvgIpc) is 2.77. The lowest BCUT2D eigenvalue weighted by Crippen LogP contribution is -2.35. The molecule has 0 fully saturated rings. The molecule has 2 rings (SSSR count). The first-order chi connectivity index (χ1) is 8.61. The van der Waals surface area contributed by atoms with Gasteiger partial charge in [-0.2, -0.15) is 0 Å². The van der Waals surface area contributed by atoms with Crippen molar-refractivity contribution in [3.63, 3.8) is 0 Å². The van der Waals surface area contributed by atoms with E-state index in [-0.39, 0.29) is 18.7 Å². The van der Waals surface area contributed by atoms with Crippen LogP contribution in [0, 0.1) is 0 Å². The summed E-state index contributed by atoms with van der Waals surface area (Å²) in [5.74, 6) is 0.755. The monoisotopic (exact) mass is 271 g/mol. The summed E-state index contributed by atoms with van der Waals surface area (Å²) in [6.07, 6.45) is 0. The summed E-state index contributed by atoms with van der Waals surface area (Å²) < 4.78 is 15.3. The van der Waals surface area contributed by atoms with Crippen LogP contribution in [0.25, 0.3) is 0 Å². The lowest BCUT2D eigenvalue weighted by Gasteiger charge is -2.13. The van der Waals surface area contributed by atoms with Crippen molar-refractivity contribution in [3.8, 4) is 11.5 Å². The number of rotatable bonds is 4. The number of methoxy groups -OCH3 is 1. The number of fused-ring (bicyclic) bond motifs is 1. The van der Waals surface area contributed by atoms with E-state index >= 15 is 0 Å². The smallest absolute Gasteiger partial charge is 0.251 e. The van der Waals surface area contributed by atoms with Gasteiger partial charge >= 0.3 is 0 Å². The maximum absolute atomic E-state index is 12.0. The normalized spacial score (nSPS) is 14.4. The molecule has 0 bridgehead atoms. The average molecular weight is 272 g/mol. The molecule has 1 amide bonds. The van der Waals surface area contributed by atoms with Gasteiger partial charge in [0.25, 0.3) is 5.91 Å². The number of nitrogens with one attached hydrogen (secondary N) is 1. The van der Waals surface area contributed by atoms with Crippen molar-refractivity contribution in [1.29, 1.82) is 0 Å². The summed E-state index contributed by atoms with van der Waals surface area (Å²) in [5, 5.41) is 3.17. The standard InChI is InChI=1S/C12H14ClNO4/c1-7(5-16-2)14-12(15)8-3-9(13)11-10(4-8)17-6-18-11/h3-4,7H,5-6H2,1-2H3,(H,14,15)/t7-/m1/s1. The van der Waals surface area contributed by atoms with E-state index in [1.165, 1.54) is 0 Å². The van der Waals surface area contributed by atoms with Crippen LogP contribution in [-0.2, 0) is 4.74 Å². The molecule has 0 aromatic heterocycles. The lowest BCUT2D eigenvalue weighted by atomic mass is 10.1. The van der Waals surface area contributed by atoms with Crippen LogP contribution in [0.15, 0.2) is 12.1 Å². The highest BCUT2D eigenvalue weighted by atomic mass is 35.5. The molecule has 0 aliphatic carbocycles. The number of halogens is 1. The maximum Gasteiger partial charge on any atom is 0.251 e. The fourth-order valence-electron chi connectivity index (χ4n) is 1.70. The van der Waals surface area contributed by atoms with Gasteiger partial charge in [0.1, 0.15) is 0 Å². The molecule has 1 heterocycles. The van der Waals surface area contributed by atoms with Crippen molar-refractivity contribution in [2.24, 2.45) is 0 Å². The van der Waals surface area contributed by atoms with Gasteiger partial charge in [0, 0.05) is 18.7 Å². The Morgan fingerprint density at radius 3 is 3.06 bits per heavy atom. The number of ether oxygens (including phenoxy) is 3. The third-order valence-electron chi connectivity index (χ3n) is 2.48. The van der Waals surface area contributed by atoms with E-state index < -0.39 is 0 Å². The predicted octanol–water partition coefficient (Wildman–Crippen LogP) is 1.83. The Morgan fingerprint density at radius 1 is 1.56 bits per heavy atom. The summed E-state index contributed by atoms with van der Waals surface area (Å²) in [6, 6.07) is 3.10. The highest BCUT2D eigenvalue weighted by molar-refractivity contribution is 6.32. The van der Waals surface area contributed by atoms with Gasteiger partial charge in [-0.15, -0.1) is 0 Å². The molecule has 1 atom stereocenters. The zero-order valence-electron chi connectivity index (χ0n) is 10.2. The fraction of sp³-hybridized carbons (Fsp3) is 0.417. The Labute approximate surface area is 110 Å². The van der Waals surface area contributed by atoms with Gasteiger partial charge < -0.3 is 19.5 Å². The van der Waals surface area contributed by atoms with Crippen LogP contribution < -0.4 is 14.8 Å². The van der Waals surface area contributed by atoms with Gasteiger partial charge in [0.15, 0.2) is 11.5 Å². The van der Waals surface area contributed by atoms with Crippen molar-refractivity contribution in [1.82, 2.24) is 5.32 Å². The molecule has 6 heteroatoms. The maximum atomic E-state index is 12.0. The molecule has 5 nitrogen and oxygen atoms in total. The van der Waals surface area contributed by atoms with Crippen LogP contribution >= 0.6 is 11.6 Å². The topological polar surface area (TPSA) is 56.8 Å². The summed E-state index contributed by atoms with van der Waals surface area (Å²) >= 11 is 6.01. The lowest BCUT2D eigenvalue weighted by molar-refractivity contribution is 0.0905. The van der Waals surface area contributed by atoms with E-state index in [2.05, 4.69) is 5.32 Å². The van der Waals surface area contributed by atoms with Crippen LogP contribution in [0.2, 0.25) is 5.02 Å². The summed E-state index contributed by atoms with van der Waals surface area (Å²) in [7, 11) is 1.58. The minimum Gasteiger partial charge on any atom is -0.454 e. The number of amides is 1. The number of carbonyl (C=O) groups excluding carboxylic acids is 1. The first kappa shape index (κ1) is 13.0. The van der Waals surface area contributed by atoms with Gasteiger partial charge in [-0.25, -0.2) is 0 Å². The fourth-order valence-corrected chi connectivity index (χ4v) is 1.96. The summed E-state index contributed by atoms with van der Waals surface area (Å²) in [5.41, 5.74) is 0.437. The van der Waals surface area contributed by atoms with Gasteiger partial charge in [-0.3, -0.25) is 4.79 Å². The van der Waals surface area contributed by atoms with Crippen LogP contribution in [0.3, 0.4) is 0 Å². The molecule has 0 spiro atoms. The molecule has 1 aliphatic rings. The third kappa shape index (κ3) is 2.68. The second kappa shape index (κ2) is 5.46.